The van der Waals surface area contributed by atoms with Gasteiger partial charge >= 0.3 is 6.03 Å². The predicted octanol–water partition coefficient (Wildman–Crippen LogP) is 3.27. The molecule has 0 aliphatic carbocycles. The number of urea groups is 1. The second-order valence-corrected chi connectivity index (χ2v) is 5.41. The van der Waals surface area contributed by atoms with Gasteiger partial charge in [-0.05, 0) is 37.6 Å². The topological polar surface area (TPSA) is 78.9 Å². The van der Waals surface area contributed by atoms with Gasteiger partial charge in [-0.2, -0.15) is 0 Å². The number of nitrogens with one attached hydrogen (secondary N) is 3. The van der Waals surface area contributed by atoms with Crippen molar-refractivity contribution in [1.82, 2.24) is 15.5 Å². The van der Waals surface area contributed by atoms with Crippen LogP contribution in [0.1, 0.15) is 19.4 Å². The lowest BCUT2D eigenvalue weighted by atomic mass is 10.2. The van der Waals surface area contributed by atoms with Gasteiger partial charge in [0.2, 0.25) is 0 Å². The van der Waals surface area contributed by atoms with E-state index in [4.69, 9.17) is 11.6 Å². The highest BCUT2D eigenvalue weighted by molar-refractivity contribution is 6.31. The first kappa shape index (κ1) is 16.0. The van der Waals surface area contributed by atoms with E-state index in [1.54, 1.807) is 12.1 Å². The van der Waals surface area contributed by atoms with E-state index in [2.05, 4.69) is 26.1 Å². The molecular weight excluding hydrogens is 302 g/mol. The number of amides is 2. The summed E-state index contributed by atoms with van der Waals surface area (Å²) in [5, 5.41) is 17.1. The summed E-state index contributed by atoms with van der Waals surface area (Å²) in [6.45, 7) is 4.31. The Morgan fingerprint density at radius 1 is 1.14 bits per heavy atom. The number of aromatic nitrogens is 2. The van der Waals surface area contributed by atoms with E-state index in [-0.39, 0.29) is 12.1 Å². The number of carbonyl (C=O) groups excluding carboxylic acids is 1. The largest absolute Gasteiger partial charge is 0.364 e. The standard InChI is InChI=1S/C15H18ClN5O/c1-10(2)18-15(22)19-14-8-7-13(20-21-14)17-9-11-5-3-4-6-12(11)16/h3-8,10H,9H2,1-2H3,(H,17,20)(H2,18,19,21,22). The van der Waals surface area contributed by atoms with E-state index in [0.29, 0.717) is 23.2 Å². The second-order valence-electron chi connectivity index (χ2n) is 5.00. The van der Waals surface area contributed by atoms with Crippen molar-refractivity contribution in [3.8, 4) is 0 Å². The molecule has 22 heavy (non-hydrogen) atoms. The second kappa shape index (κ2) is 7.61. The van der Waals surface area contributed by atoms with Crippen LogP contribution in [0.4, 0.5) is 16.4 Å². The van der Waals surface area contributed by atoms with Crippen LogP contribution in [0, 0.1) is 0 Å². The molecule has 0 unspecified atom stereocenters. The van der Waals surface area contributed by atoms with Crippen molar-refractivity contribution in [2.75, 3.05) is 10.6 Å². The molecule has 0 spiro atoms. The molecule has 6 nitrogen and oxygen atoms in total. The molecule has 1 aromatic carbocycles. The lowest BCUT2D eigenvalue weighted by Crippen LogP contribution is -2.34. The summed E-state index contributed by atoms with van der Waals surface area (Å²) >= 11 is 6.08. The van der Waals surface area contributed by atoms with Crippen LogP contribution in [0.2, 0.25) is 5.02 Å². The van der Waals surface area contributed by atoms with E-state index in [1.807, 2.05) is 38.1 Å². The smallest absolute Gasteiger partial charge is 0.320 e. The van der Waals surface area contributed by atoms with Gasteiger partial charge in [0.25, 0.3) is 0 Å². The molecular formula is C15H18ClN5O. The van der Waals surface area contributed by atoms with Gasteiger partial charge in [-0.15, -0.1) is 10.2 Å². The van der Waals surface area contributed by atoms with Crippen molar-refractivity contribution >= 4 is 29.3 Å². The molecule has 0 radical (unpaired) electrons. The van der Waals surface area contributed by atoms with Gasteiger partial charge in [0.1, 0.15) is 5.82 Å². The molecule has 0 aliphatic rings. The maximum atomic E-state index is 11.5. The molecule has 3 N–H and O–H groups in total. The summed E-state index contributed by atoms with van der Waals surface area (Å²) in [6, 6.07) is 10.8. The molecule has 0 saturated carbocycles. The Bertz CT molecular complexity index is 630. The molecule has 2 aromatic rings. The molecule has 0 bridgehead atoms. The Morgan fingerprint density at radius 3 is 2.45 bits per heavy atom. The Kier molecular flexibility index (Phi) is 5.55. The van der Waals surface area contributed by atoms with Gasteiger partial charge in [0, 0.05) is 17.6 Å². The monoisotopic (exact) mass is 319 g/mol. The van der Waals surface area contributed by atoms with Crippen LogP contribution < -0.4 is 16.0 Å². The third kappa shape index (κ3) is 4.89. The molecule has 2 rings (SSSR count). The molecule has 0 atom stereocenters. The van der Waals surface area contributed by atoms with E-state index in [9.17, 15) is 4.79 Å². The van der Waals surface area contributed by atoms with Crippen LogP contribution in [-0.4, -0.2) is 22.3 Å². The fourth-order valence-electron chi connectivity index (χ4n) is 1.74. The van der Waals surface area contributed by atoms with Crippen molar-refractivity contribution in [2.24, 2.45) is 0 Å². The van der Waals surface area contributed by atoms with Crippen LogP contribution in [0.5, 0.6) is 0 Å². The fraction of sp³-hybridized carbons (Fsp3) is 0.267. The van der Waals surface area contributed by atoms with Crippen LogP contribution >= 0.6 is 11.6 Å². The number of hydrogen-bond donors (Lipinski definition) is 3. The van der Waals surface area contributed by atoms with E-state index in [0.717, 1.165) is 5.56 Å². The van der Waals surface area contributed by atoms with Gasteiger partial charge in [0.05, 0.1) is 0 Å². The van der Waals surface area contributed by atoms with Gasteiger partial charge < -0.3 is 10.6 Å². The lowest BCUT2D eigenvalue weighted by molar-refractivity contribution is 0.250. The normalized spacial score (nSPS) is 10.4. The maximum absolute atomic E-state index is 11.5. The molecule has 2 amide bonds. The third-order valence-corrected chi connectivity index (χ3v) is 3.11. The maximum Gasteiger partial charge on any atom is 0.320 e. The average molecular weight is 320 g/mol. The molecule has 0 aliphatic heterocycles. The van der Waals surface area contributed by atoms with Gasteiger partial charge in [0.15, 0.2) is 5.82 Å². The van der Waals surface area contributed by atoms with Crippen LogP contribution in [0.3, 0.4) is 0 Å². The number of anilines is 2. The number of halogens is 1. The molecule has 1 heterocycles. The summed E-state index contributed by atoms with van der Waals surface area (Å²) in [6.07, 6.45) is 0. The zero-order chi connectivity index (χ0) is 15.9. The van der Waals surface area contributed by atoms with Crippen molar-refractivity contribution in [2.45, 2.75) is 26.4 Å². The quantitative estimate of drug-likeness (QED) is 0.790. The van der Waals surface area contributed by atoms with Gasteiger partial charge in [-0.1, -0.05) is 29.8 Å². The number of rotatable bonds is 5. The average Bonchev–Trinajstić information content (AvgIpc) is 2.47. The van der Waals surface area contributed by atoms with Crippen molar-refractivity contribution in [3.05, 3.63) is 47.0 Å². The number of benzene rings is 1. The third-order valence-electron chi connectivity index (χ3n) is 2.74. The summed E-state index contributed by atoms with van der Waals surface area (Å²) in [5.74, 6) is 0.996. The summed E-state index contributed by atoms with van der Waals surface area (Å²) in [7, 11) is 0. The fourth-order valence-corrected chi connectivity index (χ4v) is 1.94. The van der Waals surface area contributed by atoms with E-state index >= 15 is 0 Å². The number of nitrogens with zero attached hydrogens (tertiary/aromatic N) is 2. The summed E-state index contributed by atoms with van der Waals surface area (Å²) in [4.78, 5) is 11.5. The highest BCUT2D eigenvalue weighted by atomic mass is 35.5. The summed E-state index contributed by atoms with van der Waals surface area (Å²) < 4.78 is 0. The Balaban J connectivity index is 1.89. The minimum Gasteiger partial charge on any atom is -0.364 e. The zero-order valence-electron chi connectivity index (χ0n) is 12.4. The van der Waals surface area contributed by atoms with E-state index in [1.165, 1.54) is 0 Å². The lowest BCUT2D eigenvalue weighted by Gasteiger charge is -2.10. The van der Waals surface area contributed by atoms with Crippen molar-refractivity contribution < 1.29 is 4.79 Å². The SMILES string of the molecule is CC(C)NC(=O)Nc1ccc(NCc2ccccc2Cl)nn1. The first-order valence-corrected chi connectivity index (χ1v) is 7.31. The number of hydrogen-bond acceptors (Lipinski definition) is 4. The Labute approximate surface area is 134 Å². The number of carbonyl (C=O) groups is 1. The molecule has 0 saturated heterocycles. The molecule has 0 fully saturated rings. The van der Waals surface area contributed by atoms with Gasteiger partial charge in [-0.25, -0.2) is 4.79 Å². The predicted molar refractivity (Wildman–Crippen MR) is 88.1 cm³/mol. The minimum atomic E-state index is -0.305. The van der Waals surface area contributed by atoms with Crippen molar-refractivity contribution in [3.63, 3.8) is 0 Å². The Hall–Kier alpha value is -2.34. The zero-order valence-corrected chi connectivity index (χ0v) is 13.2. The first-order chi connectivity index (χ1) is 10.5. The van der Waals surface area contributed by atoms with Gasteiger partial charge in [-0.3, -0.25) is 5.32 Å². The van der Waals surface area contributed by atoms with Crippen LogP contribution in [0.15, 0.2) is 36.4 Å². The van der Waals surface area contributed by atoms with Crippen molar-refractivity contribution in [1.29, 1.82) is 0 Å². The highest BCUT2D eigenvalue weighted by Gasteiger charge is 2.05. The first-order valence-electron chi connectivity index (χ1n) is 6.93. The van der Waals surface area contributed by atoms with Crippen LogP contribution in [0.25, 0.3) is 0 Å². The molecule has 116 valence electrons. The molecule has 7 heteroatoms. The highest BCUT2D eigenvalue weighted by Crippen LogP contribution is 2.16. The van der Waals surface area contributed by atoms with Crippen LogP contribution in [-0.2, 0) is 6.54 Å². The summed E-state index contributed by atoms with van der Waals surface area (Å²) in [5.41, 5.74) is 0.976. The van der Waals surface area contributed by atoms with E-state index < -0.39 is 0 Å². The Morgan fingerprint density at radius 2 is 1.82 bits per heavy atom. The minimum absolute atomic E-state index is 0.0597. The molecule has 1 aromatic heterocycles.